The number of hydrazone groups is 1. The molecule has 132 valence electrons. The van der Waals surface area contributed by atoms with Crippen LogP contribution < -0.4 is 10.2 Å². The maximum absolute atomic E-state index is 13.6. The number of hydrogen-bond donors (Lipinski definition) is 1. The summed E-state index contributed by atoms with van der Waals surface area (Å²) in [5, 5.41) is 4.25. The number of ether oxygens (including phenoxy) is 1. The molecule has 3 aromatic rings. The molecule has 0 bridgehead atoms. The zero-order valence-electron chi connectivity index (χ0n) is 14.9. The van der Waals surface area contributed by atoms with Crippen molar-refractivity contribution in [2.45, 2.75) is 20.5 Å². The molecule has 0 aromatic heterocycles. The van der Waals surface area contributed by atoms with Gasteiger partial charge in [-0.15, -0.1) is 0 Å². The van der Waals surface area contributed by atoms with Crippen molar-refractivity contribution in [2.75, 3.05) is 5.43 Å². The monoisotopic (exact) mass is 348 g/mol. The van der Waals surface area contributed by atoms with Gasteiger partial charge in [0.2, 0.25) is 0 Å². The number of anilines is 1. The number of benzene rings is 3. The molecule has 0 radical (unpaired) electrons. The highest BCUT2D eigenvalue weighted by molar-refractivity contribution is 5.80. The minimum Gasteiger partial charge on any atom is -0.489 e. The predicted molar refractivity (Wildman–Crippen MR) is 104 cm³/mol. The molecule has 3 rings (SSSR count). The van der Waals surface area contributed by atoms with E-state index in [9.17, 15) is 4.39 Å². The first kappa shape index (κ1) is 17.7. The van der Waals surface area contributed by atoms with Gasteiger partial charge in [0.15, 0.2) is 0 Å². The Kier molecular flexibility index (Phi) is 5.64. The highest BCUT2D eigenvalue weighted by atomic mass is 19.1. The average molecular weight is 348 g/mol. The first-order valence-corrected chi connectivity index (χ1v) is 8.44. The number of aryl methyl sites for hydroxylation is 2. The minimum atomic E-state index is -0.256. The van der Waals surface area contributed by atoms with E-state index in [2.05, 4.69) is 36.5 Å². The lowest BCUT2D eigenvalue weighted by Crippen LogP contribution is -1.98. The molecule has 3 aromatic carbocycles. The fourth-order valence-corrected chi connectivity index (χ4v) is 2.42. The van der Waals surface area contributed by atoms with Crippen molar-refractivity contribution in [1.82, 2.24) is 0 Å². The SMILES string of the molecule is Cc1ccc(NN=Cc2ccc(OCc3ccccc3F)cc2)cc1C. The molecule has 0 amide bonds. The van der Waals surface area contributed by atoms with Crippen molar-refractivity contribution in [3.8, 4) is 5.75 Å². The van der Waals surface area contributed by atoms with Crippen LogP contribution in [0.3, 0.4) is 0 Å². The van der Waals surface area contributed by atoms with Crippen LogP contribution in [0.5, 0.6) is 5.75 Å². The van der Waals surface area contributed by atoms with Crippen molar-refractivity contribution in [3.63, 3.8) is 0 Å². The summed E-state index contributed by atoms with van der Waals surface area (Å²) < 4.78 is 19.2. The fourth-order valence-electron chi connectivity index (χ4n) is 2.42. The molecule has 0 aliphatic heterocycles. The Morgan fingerprint density at radius 1 is 0.962 bits per heavy atom. The molecule has 0 saturated heterocycles. The van der Waals surface area contributed by atoms with Crippen LogP contribution in [0.4, 0.5) is 10.1 Å². The number of hydrogen-bond acceptors (Lipinski definition) is 3. The Balaban J connectivity index is 1.55. The quantitative estimate of drug-likeness (QED) is 0.473. The molecule has 3 nitrogen and oxygen atoms in total. The lowest BCUT2D eigenvalue weighted by molar-refractivity contribution is 0.300. The minimum absolute atomic E-state index is 0.203. The Bertz CT molecular complexity index is 904. The summed E-state index contributed by atoms with van der Waals surface area (Å²) in [5.41, 5.74) is 7.94. The van der Waals surface area contributed by atoms with E-state index in [0.717, 1.165) is 11.3 Å². The van der Waals surface area contributed by atoms with E-state index in [1.807, 2.05) is 30.3 Å². The third-order valence-electron chi connectivity index (χ3n) is 4.15. The van der Waals surface area contributed by atoms with Crippen LogP contribution >= 0.6 is 0 Å². The van der Waals surface area contributed by atoms with Crippen molar-refractivity contribution in [2.24, 2.45) is 5.10 Å². The van der Waals surface area contributed by atoms with Gasteiger partial charge in [-0.05, 0) is 73.0 Å². The molecular formula is C22H21FN2O. The Morgan fingerprint density at radius 3 is 2.46 bits per heavy atom. The van der Waals surface area contributed by atoms with Crippen LogP contribution in [0.2, 0.25) is 0 Å². The van der Waals surface area contributed by atoms with Gasteiger partial charge >= 0.3 is 0 Å². The molecule has 0 aliphatic rings. The van der Waals surface area contributed by atoms with Crippen molar-refractivity contribution >= 4 is 11.9 Å². The van der Waals surface area contributed by atoms with Crippen LogP contribution in [0.25, 0.3) is 0 Å². The zero-order chi connectivity index (χ0) is 18.4. The van der Waals surface area contributed by atoms with Gasteiger partial charge < -0.3 is 4.74 Å². The smallest absolute Gasteiger partial charge is 0.129 e. The first-order valence-electron chi connectivity index (χ1n) is 8.44. The van der Waals surface area contributed by atoms with Gasteiger partial charge in [0, 0.05) is 5.56 Å². The van der Waals surface area contributed by atoms with E-state index in [1.54, 1.807) is 24.4 Å². The van der Waals surface area contributed by atoms with E-state index in [1.165, 1.54) is 17.2 Å². The Labute approximate surface area is 153 Å². The normalized spacial score (nSPS) is 10.9. The summed E-state index contributed by atoms with van der Waals surface area (Å²) in [6.07, 6.45) is 1.75. The molecule has 0 atom stereocenters. The molecule has 0 heterocycles. The summed E-state index contributed by atoms with van der Waals surface area (Å²) >= 11 is 0. The zero-order valence-corrected chi connectivity index (χ0v) is 14.9. The molecule has 1 N–H and O–H groups in total. The summed E-state index contributed by atoms with van der Waals surface area (Å²) in [5.74, 6) is 0.432. The maximum Gasteiger partial charge on any atom is 0.129 e. The average Bonchev–Trinajstić information content (AvgIpc) is 2.65. The number of halogens is 1. The molecule has 0 fully saturated rings. The third kappa shape index (κ3) is 4.70. The van der Waals surface area contributed by atoms with Gasteiger partial charge in [0.25, 0.3) is 0 Å². The van der Waals surface area contributed by atoms with Gasteiger partial charge in [-0.1, -0.05) is 24.3 Å². The number of nitrogens with zero attached hydrogens (tertiary/aromatic N) is 1. The molecule has 4 heteroatoms. The largest absolute Gasteiger partial charge is 0.489 e. The summed E-state index contributed by atoms with van der Waals surface area (Å²) in [6.45, 7) is 4.36. The van der Waals surface area contributed by atoms with Crippen molar-refractivity contribution in [3.05, 3.63) is 94.8 Å². The van der Waals surface area contributed by atoms with Crippen LogP contribution in [0.1, 0.15) is 22.3 Å². The summed E-state index contributed by atoms with van der Waals surface area (Å²) in [4.78, 5) is 0. The van der Waals surface area contributed by atoms with Gasteiger partial charge in [-0.25, -0.2) is 4.39 Å². The van der Waals surface area contributed by atoms with Crippen LogP contribution in [0.15, 0.2) is 71.8 Å². The highest BCUT2D eigenvalue weighted by Gasteiger charge is 2.01. The van der Waals surface area contributed by atoms with E-state index >= 15 is 0 Å². The second-order valence-electron chi connectivity index (χ2n) is 6.12. The fraction of sp³-hybridized carbons (Fsp3) is 0.136. The Hall–Kier alpha value is -3.14. The second-order valence-corrected chi connectivity index (χ2v) is 6.12. The van der Waals surface area contributed by atoms with E-state index in [4.69, 9.17) is 4.74 Å². The predicted octanol–water partition coefficient (Wildman–Crippen LogP) is 5.47. The van der Waals surface area contributed by atoms with Gasteiger partial charge in [-0.2, -0.15) is 5.10 Å². The molecule has 0 saturated carbocycles. The van der Waals surface area contributed by atoms with Crippen LogP contribution in [-0.2, 0) is 6.61 Å². The second kappa shape index (κ2) is 8.30. The van der Waals surface area contributed by atoms with Gasteiger partial charge in [0.05, 0.1) is 11.9 Å². The molecule has 0 unspecified atom stereocenters. The van der Waals surface area contributed by atoms with Crippen molar-refractivity contribution < 1.29 is 9.13 Å². The lowest BCUT2D eigenvalue weighted by atomic mass is 10.1. The highest BCUT2D eigenvalue weighted by Crippen LogP contribution is 2.16. The van der Waals surface area contributed by atoms with E-state index in [0.29, 0.717) is 11.3 Å². The molecule has 26 heavy (non-hydrogen) atoms. The number of nitrogens with one attached hydrogen (secondary N) is 1. The molecular weight excluding hydrogens is 327 g/mol. The first-order chi connectivity index (χ1) is 12.6. The maximum atomic E-state index is 13.6. The van der Waals surface area contributed by atoms with Gasteiger partial charge in [-0.3, -0.25) is 5.43 Å². The lowest BCUT2D eigenvalue weighted by Gasteiger charge is -2.07. The topological polar surface area (TPSA) is 33.6 Å². The summed E-state index contributed by atoms with van der Waals surface area (Å²) in [6, 6.07) is 20.2. The van der Waals surface area contributed by atoms with E-state index < -0.39 is 0 Å². The Morgan fingerprint density at radius 2 is 1.73 bits per heavy atom. The van der Waals surface area contributed by atoms with Crippen LogP contribution in [0, 0.1) is 19.7 Å². The molecule has 0 aliphatic carbocycles. The standard InChI is InChI=1S/C22H21FN2O/c1-16-7-10-20(13-17(16)2)25-24-14-18-8-11-21(12-9-18)26-15-19-5-3-4-6-22(19)23/h3-14,25H,15H2,1-2H3. The van der Waals surface area contributed by atoms with Crippen LogP contribution in [-0.4, -0.2) is 6.21 Å². The number of rotatable bonds is 6. The molecule has 0 spiro atoms. The van der Waals surface area contributed by atoms with Gasteiger partial charge in [0.1, 0.15) is 18.2 Å². The third-order valence-corrected chi connectivity index (χ3v) is 4.15. The van der Waals surface area contributed by atoms with Crippen molar-refractivity contribution in [1.29, 1.82) is 0 Å². The van der Waals surface area contributed by atoms with E-state index in [-0.39, 0.29) is 12.4 Å². The summed E-state index contributed by atoms with van der Waals surface area (Å²) in [7, 11) is 0.